The van der Waals surface area contributed by atoms with Crippen molar-refractivity contribution >= 4 is 21.6 Å². The number of anilines is 2. The van der Waals surface area contributed by atoms with Crippen LogP contribution in [0, 0.1) is 6.92 Å². The molecule has 3 heterocycles. The van der Waals surface area contributed by atoms with Crippen molar-refractivity contribution in [3.63, 3.8) is 0 Å². The molecule has 1 aliphatic heterocycles. The van der Waals surface area contributed by atoms with Crippen LogP contribution in [0.5, 0.6) is 0 Å². The molecule has 1 saturated heterocycles. The first-order chi connectivity index (χ1) is 11.0. The lowest BCUT2D eigenvalue weighted by Crippen LogP contribution is -2.21. The summed E-state index contributed by atoms with van der Waals surface area (Å²) >= 11 is 0. The van der Waals surface area contributed by atoms with Crippen LogP contribution in [0.3, 0.4) is 0 Å². The SMILES string of the molecule is Cc1cc(NC2CCS(=O)(=O)C2)nc(NCc2ccncc2)n1. The fourth-order valence-corrected chi connectivity index (χ4v) is 4.19. The molecule has 1 atom stereocenters. The van der Waals surface area contributed by atoms with Crippen molar-refractivity contribution in [2.75, 3.05) is 22.1 Å². The molecule has 0 aromatic carbocycles. The van der Waals surface area contributed by atoms with Crippen LogP contribution >= 0.6 is 0 Å². The molecule has 7 nitrogen and oxygen atoms in total. The van der Waals surface area contributed by atoms with Crippen molar-refractivity contribution in [3.05, 3.63) is 41.9 Å². The molecule has 23 heavy (non-hydrogen) atoms. The van der Waals surface area contributed by atoms with Gasteiger partial charge in [0.05, 0.1) is 11.5 Å². The fraction of sp³-hybridized carbons (Fsp3) is 0.400. The largest absolute Gasteiger partial charge is 0.366 e. The molecular formula is C15H19N5O2S. The zero-order valence-corrected chi connectivity index (χ0v) is 13.7. The Balaban J connectivity index is 1.67. The topological polar surface area (TPSA) is 96.9 Å². The van der Waals surface area contributed by atoms with Gasteiger partial charge in [0.1, 0.15) is 5.82 Å². The molecule has 0 aliphatic carbocycles. The lowest BCUT2D eigenvalue weighted by atomic mass is 10.2. The van der Waals surface area contributed by atoms with E-state index in [0.29, 0.717) is 24.7 Å². The Labute approximate surface area is 135 Å². The summed E-state index contributed by atoms with van der Waals surface area (Å²) in [7, 11) is -2.91. The maximum atomic E-state index is 11.5. The Hall–Kier alpha value is -2.22. The summed E-state index contributed by atoms with van der Waals surface area (Å²) in [4.78, 5) is 12.8. The van der Waals surface area contributed by atoms with Crippen LogP contribution in [0.15, 0.2) is 30.6 Å². The minimum Gasteiger partial charge on any atom is -0.366 e. The highest BCUT2D eigenvalue weighted by atomic mass is 32.2. The number of aromatic nitrogens is 3. The second-order valence-corrected chi connectivity index (χ2v) is 7.90. The van der Waals surface area contributed by atoms with E-state index in [1.165, 1.54) is 0 Å². The van der Waals surface area contributed by atoms with E-state index >= 15 is 0 Å². The molecule has 122 valence electrons. The Morgan fingerprint density at radius 2 is 2.04 bits per heavy atom. The Morgan fingerprint density at radius 1 is 1.26 bits per heavy atom. The average molecular weight is 333 g/mol. The van der Waals surface area contributed by atoms with Crippen LogP contribution < -0.4 is 10.6 Å². The molecule has 0 saturated carbocycles. The van der Waals surface area contributed by atoms with Gasteiger partial charge >= 0.3 is 0 Å². The van der Waals surface area contributed by atoms with E-state index in [4.69, 9.17) is 0 Å². The van der Waals surface area contributed by atoms with E-state index in [1.807, 2.05) is 25.1 Å². The third kappa shape index (κ3) is 4.38. The van der Waals surface area contributed by atoms with Gasteiger partial charge in [-0.25, -0.2) is 13.4 Å². The van der Waals surface area contributed by atoms with E-state index in [0.717, 1.165) is 11.3 Å². The number of hydrogen-bond donors (Lipinski definition) is 2. The van der Waals surface area contributed by atoms with Crippen molar-refractivity contribution in [1.29, 1.82) is 0 Å². The smallest absolute Gasteiger partial charge is 0.225 e. The molecule has 2 aromatic rings. The minimum absolute atomic E-state index is 0.0812. The van der Waals surface area contributed by atoms with Crippen LogP contribution in [0.25, 0.3) is 0 Å². The first-order valence-electron chi connectivity index (χ1n) is 7.46. The molecule has 1 unspecified atom stereocenters. The maximum absolute atomic E-state index is 11.5. The molecular weight excluding hydrogens is 314 g/mol. The molecule has 3 rings (SSSR count). The van der Waals surface area contributed by atoms with Gasteiger partial charge in [-0.3, -0.25) is 4.98 Å². The van der Waals surface area contributed by atoms with E-state index in [-0.39, 0.29) is 17.5 Å². The van der Waals surface area contributed by atoms with Gasteiger partial charge in [0.25, 0.3) is 0 Å². The van der Waals surface area contributed by atoms with Crippen LogP contribution in [0.1, 0.15) is 17.7 Å². The summed E-state index contributed by atoms with van der Waals surface area (Å²) < 4.78 is 23.1. The van der Waals surface area contributed by atoms with E-state index < -0.39 is 9.84 Å². The molecule has 0 spiro atoms. The number of rotatable bonds is 5. The van der Waals surface area contributed by atoms with Crippen molar-refractivity contribution in [1.82, 2.24) is 15.0 Å². The average Bonchev–Trinajstić information content (AvgIpc) is 2.84. The second kappa shape index (κ2) is 6.49. The summed E-state index contributed by atoms with van der Waals surface area (Å²) in [5.74, 6) is 1.57. The van der Waals surface area contributed by atoms with Gasteiger partial charge in [-0.2, -0.15) is 4.98 Å². The third-order valence-electron chi connectivity index (χ3n) is 3.64. The molecule has 1 aliphatic rings. The summed E-state index contributed by atoms with van der Waals surface area (Å²) in [6.07, 6.45) is 4.09. The van der Waals surface area contributed by atoms with Gasteiger partial charge < -0.3 is 10.6 Å². The van der Waals surface area contributed by atoms with Gasteiger partial charge in [-0.05, 0) is 31.0 Å². The molecule has 0 amide bonds. The van der Waals surface area contributed by atoms with Gasteiger partial charge in [0, 0.05) is 36.7 Å². The third-order valence-corrected chi connectivity index (χ3v) is 5.41. The number of hydrogen-bond acceptors (Lipinski definition) is 7. The Kier molecular flexibility index (Phi) is 4.42. The highest BCUT2D eigenvalue weighted by molar-refractivity contribution is 7.91. The molecule has 2 N–H and O–H groups in total. The van der Waals surface area contributed by atoms with Crippen LogP contribution in [-0.4, -0.2) is 40.9 Å². The second-order valence-electron chi connectivity index (χ2n) is 5.67. The number of aryl methyl sites for hydroxylation is 1. The molecule has 8 heteroatoms. The number of sulfone groups is 1. The van der Waals surface area contributed by atoms with Gasteiger partial charge in [-0.15, -0.1) is 0 Å². The summed E-state index contributed by atoms with van der Waals surface area (Å²) in [5.41, 5.74) is 1.90. The van der Waals surface area contributed by atoms with Crippen molar-refractivity contribution in [2.24, 2.45) is 0 Å². The van der Waals surface area contributed by atoms with Crippen molar-refractivity contribution in [3.8, 4) is 0 Å². The normalized spacial score (nSPS) is 19.4. The highest BCUT2D eigenvalue weighted by Gasteiger charge is 2.28. The number of nitrogens with one attached hydrogen (secondary N) is 2. The summed E-state index contributed by atoms with van der Waals surface area (Å²) in [5, 5.41) is 6.37. The summed E-state index contributed by atoms with van der Waals surface area (Å²) in [6, 6.07) is 5.58. The molecule has 2 aromatic heterocycles. The van der Waals surface area contributed by atoms with Gasteiger partial charge in [0.15, 0.2) is 9.84 Å². The first-order valence-corrected chi connectivity index (χ1v) is 9.28. The van der Waals surface area contributed by atoms with Crippen LogP contribution in [-0.2, 0) is 16.4 Å². The Morgan fingerprint density at radius 3 is 2.74 bits per heavy atom. The predicted octanol–water partition coefficient (Wildman–Crippen LogP) is 1.39. The van der Waals surface area contributed by atoms with E-state index in [9.17, 15) is 8.42 Å². The minimum atomic E-state index is -2.91. The number of nitrogens with zero attached hydrogens (tertiary/aromatic N) is 3. The lowest BCUT2D eigenvalue weighted by Gasteiger charge is -2.13. The zero-order chi connectivity index (χ0) is 16.3. The first kappa shape index (κ1) is 15.7. The van der Waals surface area contributed by atoms with Crippen molar-refractivity contribution < 1.29 is 8.42 Å². The van der Waals surface area contributed by atoms with Crippen molar-refractivity contribution in [2.45, 2.75) is 25.9 Å². The zero-order valence-electron chi connectivity index (χ0n) is 12.9. The maximum Gasteiger partial charge on any atom is 0.225 e. The van der Waals surface area contributed by atoms with E-state index in [2.05, 4.69) is 25.6 Å². The van der Waals surface area contributed by atoms with E-state index in [1.54, 1.807) is 12.4 Å². The molecule has 0 radical (unpaired) electrons. The predicted molar refractivity (Wildman–Crippen MR) is 89.0 cm³/mol. The summed E-state index contributed by atoms with van der Waals surface area (Å²) in [6.45, 7) is 2.49. The molecule has 0 bridgehead atoms. The van der Waals surface area contributed by atoms with Crippen LogP contribution in [0.2, 0.25) is 0 Å². The standard InChI is InChI=1S/C15H19N5O2S/c1-11-8-14(19-13-4-7-23(21,22)10-13)20-15(18-11)17-9-12-2-5-16-6-3-12/h2-3,5-6,8,13H,4,7,9-10H2,1H3,(H2,17,18,19,20). The molecule has 1 fully saturated rings. The van der Waals surface area contributed by atoms with Gasteiger partial charge in [0.2, 0.25) is 5.95 Å². The van der Waals surface area contributed by atoms with Gasteiger partial charge in [-0.1, -0.05) is 0 Å². The Bertz CT molecular complexity index is 780. The monoisotopic (exact) mass is 333 g/mol. The quantitative estimate of drug-likeness (QED) is 0.853. The highest BCUT2D eigenvalue weighted by Crippen LogP contribution is 2.18. The van der Waals surface area contributed by atoms with Crippen LogP contribution in [0.4, 0.5) is 11.8 Å². The fourth-order valence-electron chi connectivity index (χ4n) is 2.52. The lowest BCUT2D eigenvalue weighted by molar-refractivity contribution is 0.602. The number of pyridine rings is 1.